The van der Waals surface area contributed by atoms with Gasteiger partial charge in [0.1, 0.15) is 22.1 Å². The Hall–Kier alpha value is -4.63. The van der Waals surface area contributed by atoms with Gasteiger partial charge in [-0.2, -0.15) is 0 Å². The van der Waals surface area contributed by atoms with E-state index in [9.17, 15) is 14.4 Å². The van der Waals surface area contributed by atoms with Crippen LogP contribution in [0.4, 0.5) is 10.7 Å². The molecule has 0 saturated heterocycles. The molecule has 4 rings (SSSR count). The van der Waals surface area contributed by atoms with Crippen molar-refractivity contribution in [2.75, 3.05) is 24.4 Å². The third-order valence-electron chi connectivity index (χ3n) is 6.02. The van der Waals surface area contributed by atoms with Crippen LogP contribution in [0, 0.1) is 6.92 Å². The highest BCUT2D eigenvalue weighted by Gasteiger charge is 2.26. The number of rotatable bonds is 10. The molecule has 1 aromatic heterocycles. The summed E-state index contributed by atoms with van der Waals surface area (Å²) in [6.07, 6.45) is -0.803. The molecular formula is C31H30N2O6S. The molecule has 9 heteroatoms. The van der Waals surface area contributed by atoms with Crippen LogP contribution in [0.2, 0.25) is 0 Å². The maximum absolute atomic E-state index is 13.1. The number of hydrogen-bond donors (Lipinski definition) is 2. The number of aryl methyl sites for hydroxylation is 1. The minimum Gasteiger partial charge on any atom is -0.495 e. The normalized spacial score (nSPS) is 11.3. The molecule has 206 valence electrons. The molecule has 0 fully saturated rings. The van der Waals surface area contributed by atoms with Gasteiger partial charge in [0.2, 0.25) is 0 Å². The lowest BCUT2D eigenvalue weighted by molar-refractivity contribution is -0.122. The molecule has 0 aliphatic rings. The number of para-hydroxylation sites is 2. The Morgan fingerprint density at radius 2 is 1.57 bits per heavy atom. The van der Waals surface area contributed by atoms with Gasteiger partial charge in [-0.1, -0.05) is 42.5 Å². The van der Waals surface area contributed by atoms with Crippen LogP contribution >= 0.6 is 11.3 Å². The number of amides is 2. The highest BCUT2D eigenvalue weighted by atomic mass is 32.1. The lowest BCUT2D eigenvalue weighted by Crippen LogP contribution is -2.30. The summed E-state index contributed by atoms with van der Waals surface area (Å²) in [5, 5.41) is 6.08. The van der Waals surface area contributed by atoms with E-state index in [-0.39, 0.29) is 18.4 Å². The summed E-state index contributed by atoms with van der Waals surface area (Å²) in [5.41, 5.74) is 2.84. The number of benzene rings is 3. The second kappa shape index (κ2) is 12.9. The monoisotopic (exact) mass is 558 g/mol. The van der Waals surface area contributed by atoms with Gasteiger partial charge in [-0.25, -0.2) is 4.79 Å². The molecule has 3 aromatic carbocycles. The summed E-state index contributed by atoms with van der Waals surface area (Å²) in [7, 11) is 1.53. The Bertz CT molecular complexity index is 1500. The molecule has 1 heterocycles. The summed E-state index contributed by atoms with van der Waals surface area (Å²) in [6, 6.07) is 23.0. The molecule has 0 unspecified atom stereocenters. The summed E-state index contributed by atoms with van der Waals surface area (Å²) >= 11 is 1.32. The lowest BCUT2D eigenvalue weighted by Gasteiger charge is -2.16. The summed E-state index contributed by atoms with van der Waals surface area (Å²) in [4.78, 5) is 39.6. The van der Waals surface area contributed by atoms with Crippen molar-refractivity contribution in [3.05, 3.63) is 94.9 Å². The van der Waals surface area contributed by atoms with Crippen LogP contribution in [-0.4, -0.2) is 37.6 Å². The molecule has 2 amide bonds. The third kappa shape index (κ3) is 6.50. The van der Waals surface area contributed by atoms with Crippen LogP contribution in [0.15, 0.2) is 78.9 Å². The van der Waals surface area contributed by atoms with E-state index >= 15 is 0 Å². The van der Waals surface area contributed by atoms with E-state index in [1.165, 1.54) is 18.4 Å². The zero-order chi connectivity index (χ0) is 28.6. The second-order valence-corrected chi connectivity index (χ2v) is 9.98. The van der Waals surface area contributed by atoms with Gasteiger partial charge in [0, 0.05) is 16.0 Å². The summed E-state index contributed by atoms with van der Waals surface area (Å²) < 4.78 is 16.4. The molecule has 0 spiro atoms. The van der Waals surface area contributed by atoms with Crippen molar-refractivity contribution in [3.8, 4) is 22.6 Å². The molecule has 2 N–H and O–H groups in total. The number of anilines is 2. The smallest absolute Gasteiger partial charge is 0.341 e. The minimum atomic E-state index is -0.803. The zero-order valence-corrected chi connectivity index (χ0v) is 23.5. The fourth-order valence-corrected chi connectivity index (χ4v) is 5.14. The quantitative estimate of drug-likeness (QED) is 0.214. The van der Waals surface area contributed by atoms with Crippen LogP contribution < -0.4 is 20.1 Å². The zero-order valence-electron chi connectivity index (χ0n) is 22.6. The van der Waals surface area contributed by atoms with Gasteiger partial charge in [0.25, 0.3) is 11.8 Å². The van der Waals surface area contributed by atoms with Crippen molar-refractivity contribution in [2.24, 2.45) is 0 Å². The van der Waals surface area contributed by atoms with Crippen LogP contribution in [-0.2, 0) is 9.53 Å². The van der Waals surface area contributed by atoms with Crippen molar-refractivity contribution in [2.45, 2.75) is 26.9 Å². The summed E-state index contributed by atoms with van der Waals surface area (Å²) in [6.45, 7) is 5.49. The Morgan fingerprint density at radius 1 is 0.900 bits per heavy atom. The van der Waals surface area contributed by atoms with Crippen molar-refractivity contribution in [3.63, 3.8) is 0 Å². The number of ether oxygens (including phenoxy) is 3. The molecule has 0 aliphatic carbocycles. The number of carbonyl (C=O) groups is 3. The fourth-order valence-electron chi connectivity index (χ4n) is 4.08. The first-order valence-corrected chi connectivity index (χ1v) is 13.5. The molecule has 8 nitrogen and oxygen atoms in total. The molecular weight excluding hydrogens is 528 g/mol. The average molecular weight is 559 g/mol. The van der Waals surface area contributed by atoms with E-state index in [0.717, 1.165) is 16.0 Å². The Balaban J connectivity index is 1.47. The Morgan fingerprint density at radius 3 is 2.25 bits per heavy atom. The van der Waals surface area contributed by atoms with Crippen LogP contribution in [0.3, 0.4) is 0 Å². The van der Waals surface area contributed by atoms with Gasteiger partial charge in [-0.3, -0.25) is 9.59 Å². The van der Waals surface area contributed by atoms with Gasteiger partial charge in [-0.15, -0.1) is 11.3 Å². The SMILES string of the molecule is CCOC(=O)c1c(NC(=O)c2ccc(O[C@@H](C)C(=O)Nc3ccccc3OC)cc2)sc(C)c1-c1ccccc1. The third-order valence-corrected chi connectivity index (χ3v) is 7.04. The molecule has 0 saturated carbocycles. The molecule has 1 atom stereocenters. The number of methoxy groups -OCH3 is 1. The van der Waals surface area contributed by atoms with E-state index < -0.39 is 12.1 Å². The lowest BCUT2D eigenvalue weighted by atomic mass is 10.0. The van der Waals surface area contributed by atoms with Crippen LogP contribution in [0.1, 0.15) is 39.4 Å². The molecule has 4 aromatic rings. The van der Waals surface area contributed by atoms with Gasteiger partial charge in [0.15, 0.2) is 6.10 Å². The summed E-state index contributed by atoms with van der Waals surface area (Å²) in [5.74, 6) is -0.267. The number of carbonyl (C=O) groups excluding carboxylic acids is 3. The first-order chi connectivity index (χ1) is 19.3. The van der Waals surface area contributed by atoms with E-state index in [2.05, 4.69) is 10.6 Å². The van der Waals surface area contributed by atoms with E-state index in [0.29, 0.717) is 33.3 Å². The van der Waals surface area contributed by atoms with E-state index in [4.69, 9.17) is 14.2 Å². The van der Waals surface area contributed by atoms with Crippen molar-refractivity contribution < 1.29 is 28.6 Å². The Labute approximate surface area is 236 Å². The average Bonchev–Trinajstić information content (AvgIpc) is 3.29. The van der Waals surface area contributed by atoms with Gasteiger partial charge in [-0.05, 0) is 62.7 Å². The van der Waals surface area contributed by atoms with Gasteiger partial charge in [0.05, 0.1) is 19.4 Å². The van der Waals surface area contributed by atoms with Crippen molar-refractivity contribution >= 4 is 39.8 Å². The highest BCUT2D eigenvalue weighted by Crippen LogP contribution is 2.40. The number of thiophene rings is 1. The first kappa shape index (κ1) is 28.4. The van der Waals surface area contributed by atoms with E-state index in [1.54, 1.807) is 56.3 Å². The maximum atomic E-state index is 13.1. The largest absolute Gasteiger partial charge is 0.495 e. The second-order valence-electron chi connectivity index (χ2n) is 8.75. The molecule has 0 bridgehead atoms. The first-order valence-electron chi connectivity index (χ1n) is 12.7. The Kier molecular flexibility index (Phi) is 9.19. The van der Waals surface area contributed by atoms with Crippen LogP contribution in [0.5, 0.6) is 11.5 Å². The minimum absolute atomic E-state index is 0.214. The molecule has 0 aliphatic heterocycles. The topological polar surface area (TPSA) is 103 Å². The highest BCUT2D eigenvalue weighted by molar-refractivity contribution is 7.17. The molecule has 40 heavy (non-hydrogen) atoms. The fraction of sp³-hybridized carbons (Fsp3) is 0.194. The van der Waals surface area contributed by atoms with Gasteiger partial charge >= 0.3 is 5.97 Å². The maximum Gasteiger partial charge on any atom is 0.341 e. The standard InChI is InChI=1S/C31H30N2O6S/c1-5-38-31(36)27-26(21-11-7-6-8-12-21)20(3)40-30(27)33-29(35)22-15-17-23(18-16-22)39-19(2)28(34)32-24-13-9-10-14-25(24)37-4/h6-19H,5H2,1-4H3,(H,32,34)(H,33,35)/t19-/m0/s1. The van der Waals surface area contributed by atoms with Crippen molar-refractivity contribution in [1.82, 2.24) is 0 Å². The molecule has 0 radical (unpaired) electrons. The number of hydrogen-bond acceptors (Lipinski definition) is 7. The van der Waals surface area contributed by atoms with Gasteiger partial charge < -0.3 is 24.8 Å². The predicted octanol–water partition coefficient (Wildman–Crippen LogP) is 6.57. The van der Waals surface area contributed by atoms with Crippen LogP contribution in [0.25, 0.3) is 11.1 Å². The number of esters is 1. The predicted molar refractivity (Wildman–Crippen MR) is 157 cm³/mol. The van der Waals surface area contributed by atoms with E-state index in [1.807, 2.05) is 43.3 Å². The van der Waals surface area contributed by atoms with Crippen molar-refractivity contribution in [1.29, 1.82) is 0 Å². The number of nitrogens with one attached hydrogen (secondary N) is 2.